The van der Waals surface area contributed by atoms with Crippen LogP contribution in [0.1, 0.15) is 31.4 Å². The summed E-state index contributed by atoms with van der Waals surface area (Å²) in [5, 5.41) is 10.7. The summed E-state index contributed by atoms with van der Waals surface area (Å²) in [6.07, 6.45) is 2.66. The number of ether oxygens (including phenoxy) is 2. The number of hydrogen-bond acceptors (Lipinski definition) is 6. The van der Waals surface area contributed by atoms with E-state index in [4.69, 9.17) is 9.47 Å². The summed E-state index contributed by atoms with van der Waals surface area (Å²) >= 11 is 0. The van der Waals surface area contributed by atoms with Gasteiger partial charge in [0.05, 0.1) is 25.2 Å². The Morgan fingerprint density at radius 3 is 2.82 bits per heavy atom. The summed E-state index contributed by atoms with van der Waals surface area (Å²) in [5.74, 6) is 0.415. The molecule has 0 radical (unpaired) electrons. The van der Waals surface area contributed by atoms with E-state index in [-0.39, 0.29) is 18.2 Å². The lowest BCUT2D eigenvalue weighted by Gasteiger charge is -2.22. The lowest BCUT2D eigenvalue weighted by molar-refractivity contribution is 0.260. The summed E-state index contributed by atoms with van der Waals surface area (Å²) < 4.78 is 10.6. The second kappa shape index (κ2) is 8.09. The molecule has 0 aliphatic rings. The molecule has 0 amide bonds. The fraction of sp³-hybridized carbons (Fsp3) is 0.333. The van der Waals surface area contributed by atoms with Crippen LogP contribution in [-0.4, -0.2) is 28.7 Å². The Morgan fingerprint density at radius 1 is 1.29 bits per heavy atom. The molecule has 144 valence electrons. The maximum absolute atomic E-state index is 12.1. The van der Waals surface area contributed by atoms with Gasteiger partial charge in [0, 0.05) is 29.8 Å². The Hall–Kier alpha value is -3.40. The predicted molar refractivity (Wildman–Crippen MR) is 106 cm³/mol. The van der Waals surface area contributed by atoms with Crippen LogP contribution in [0.5, 0.6) is 11.9 Å². The van der Waals surface area contributed by atoms with Gasteiger partial charge in [-0.15, -0.1) is 0 Å². The molecule has 7 heteroatoms. The lowest BCUT2D eigenvalue weighted by Crippen LogP contribution is -2.23. The highest BCUT2D eigenvalue weighted by Gasteiger charge is 2.27. The zero-order valence-electron chi connectivity index (χ0n) is 16.2. The van der Waals surface area contributed by atoms with Crippen molar-refractivity contribution in [1.82, 2.24) is 15.0 Å². The first kappa shape index (κ1) is 19.4. The molecule has 2 heterocycles. The molecular weight excluding hydrogens is 356 g/mol. The molecule has 3 aromatic rings. The Morgan fingerprint density at radius 2 is 2.11 bits per heavy atom. The second-order valence-electron chi connectivity index (χ2n) is 6.70. The quantitative estimate of drug-likeness (QED) is 0.678. The van der Waals surface area contributed by atoms with Crippen LogP contribution in [0, 0.1) is 11.3 Å². The third kappa shape index (κ3) is 3.96. The fourth-order valence-electron chi connectivity index (χ4n) is 2.97. The highest BCUT2D eigenvalue weighted by molar-refractivity contribution is 5.80. The molecule has 1 N–H and O–H groups in total. The van der Waals surface area contributed by atoms with Crippen molar-refractivity contribution in [3.8, 4) is 18.0 Å². The van der Waals surface area contributed by atoms with Gasteiger partial charge in [-0.1, -0.05) is 19.1 Å². The minimum Gasteiger partial charge on any atom is -0.481 e. The van der Waals surface area contributed by atoms with E-state index in [1.165, 1.54) is 7.11 Å². The third-order valence-electron chi connectivity index (χ3n) is 4.84. The summed E-state index contributed by atoms with van der Waals surface area (Å²) in [6, 6.07) is 11.8. The van der Waals surface area contributed by atoms with E-state index in [2.05, 4.69) is 21.0 Å². The largest absolute Gasteiger partial charge is 0.481 e. The number of nitriles is 1. The van der Waals surface area contributed by atoms with Crippen molar-refractivity contribution in [1.29, 1.82) is 5.26 Å². The number of nitrogens with zero attached hydrogens (tertiary/aromatic N) is 3. The summed E-state index contributed by atoms with van der Waals surface area (Å²) in [5.41, 5.74) is 1.41. The number of hydrogen-bond donors (Lipinski definition) is 1. The monoisotopic (exact) mass is 378 g/mol. The van der Waals surface area contributed by atoms with E-state index in [0.29, 0.717) is 18.7 Å². The van der Waals surface area contributed by atoms with Crippen molar-refractivity contribution in [2.24, 2.45) is 0 Å². The molecule has 0 saturated heterocycles. The van der Waals surface area contributed by atoms with Gasteiger partial charge in [-0.05, 0) is 36.4 Å². The zero-order valence-corrected chi connectivity index (χ0v) is 16.2. The first-order valence-electron chi connectivity index (χ1n) is 9.06. The van der Waals surface area contributed by atoms with E-state index in [0.717, 1.165) is 22.0 Å². The Bertz CT molecular complexity index is 1090. The number of methoxy groups -OCH3 is 1. The highest BCUT2D eigenvalue weighted by Crippen LogP contribution is 2.29. The summed E-state index contributed by atoms with van der Waals surface area (Å²) in [6.45, 7) is 4.06. The van der Waals surface area contributed by atoms with Crippen LogP contribution >= 0.6 is 0 Å². The van der Waals surface area contributed by atoms with Gasteiger partial charge < -0.3 is 14.5 Å². The average molecular weight is 378 g/mol. The Labute approximate surface area is 163 Å². The second-order valence-corrected chi connectivity index (χ2v) is 6.70. The number of aromatic amines is 1. The van der Waals surface area contributed by atoms with E-state index in [1.54, 1.807) is 12.3 Å². The SMILES string of the molecule is CCc1cc2ccc(C(C)(C#N)CCOc3nccc(OC)n3)cc2[nH]c1=O. The molecule has 7 nitrogen and oxygen atoms in total. The number of fused-ring (bicyclic) bond motifs is 1. The van der Waals surface area contributed by atoms with Gasteiger partial charge in [0.1, 0.15) is 0 Å². The Kier molecular flexibility index (Phi) is 5.59. The topological polar surface area (TPSA) is 101 Å². The van der Waals surface area contributed by atoms with Gasteiger partial charge in [-0.25, -0.2) is 4.98 Å². The van der Waals surface area contributed by atoms with Crippen molar-refractivity contribution in [3.05, 3.63) is 58.0 Å². The van der Waals surface area contributed by atoms with Gasteiger partial charge >= 0.3 is 6.01 Å². The number of nitrogens with one attached hydrogen (secondary N) is 1. The minimum atomic E-state index is -0.784. The molecule has 2 aromatic heterocycles. The van der Waals surface area contributed by atoms with Crippen molar-refractivity contribution in [2.75, 3.05) is 13.7 Å². The molecule has 0 fully saturated rings. The molecule has 0 bridgehead atoms. The summed E-state index contributed by atoms with van der Waals surface area (Å²) in [4.78, 5) is 23.2. The minimum absolute atomic E-state index is 0.0932. The van der Waals surface area contributed by atoms with E-state index in [1.807, 2.05) is 38.1 Å². The van der Waals surface area contributed by atoms with Gasteiger partial charge in [0.25, 0.3) is 5.56 Å². The van der Waals surface area contributed by atoms with Crippen LogP contribution in [-0.2, 0) is 11.8 Å². The molecule has 1 atom stereocenters. The smallest absolute Gasteiger partial charge is 0.319 e. The van der Waals surface area contributed by atoms with Crippen LogP contribution in [0.4, 0.5) is 0 Å². The van der Waals surface area contributed by atoms with Crippen LogP contribution in [0.25, 0.3) is 10.9 Å². The molecule has 3 rings (SSSR count). The predicted octanol–water partition coefficient (Wildman–Crippen LogP) is 3.14. The lowest BCUT2D eigenvalue weighted by atomic mass is 9.81. The maximum Gasteiger partial charge on any atom is 0.319 e. The molecular formula is C21H22N4O3. The number of H-pyrrole nitrogens is 1. The van der Waals surface area contributed by atoms with Crippen LogP contribution in [0.3, 0.4) is 0 Å². The van der Waals surface area contributed by atoms with Gasteiger partial charge in [0.2, 0.25) is 5.88 Å². The van der Waals surface area contributed by atoms with Crippen LogP contribution in [0.2, 0.25) is 0 Å². The third-order valence-corrected chi connectivity index (χ3v) is 4.84. The average Bonchev–Trinajstić information content (AvgIpc) is 2.72. The molecule has 1 aromatic carbocycles. The molecule has 28 heavy (non-hydrogen) atoms. The number of aromatic nitrogens is 3. The molecule has 0 spiro atoms. The van der Waals surface area contributed by atoms with Crippen LogP contribution < -0.4 is 15.0 Å². The molecule has 1 unspecified atom stereocenters. The van der Waals surface area contributed by atoms with Crippen LogP contribution in [0.15, 0.2) is 41.3 Å². The van der Waals surface area contributed by atoms with Crippen molar-refractivity contribution < 1.29 is 9.47 Å². The highest BCUT2D eigenvalue weighted by atomic mass is 16.5. The van der Waals surface area contributed by atoms with Gasteiger partial charge in [-0.2, -0.15) is 10.2 Å². The molecule has 0 saturated carbocycles. The van der Waals surface area contributed by atoms with Crippen molar-refractivity contribution in [2.45, 2.75) is 32.1 Å². The first-order chi connectivity index (χ1) is 13.5. The number of aryl methyl sites for hydroxylation is 1. The van der Waals surface area contributed by atoms with Gasteiger partial charge in [-0.3, -0.25) is 4.79 Å². The molecule has 0 aliphatic heterocycles. The molecule has 0 aliphatic carbocycles. The van der Waals surface area contributed by atoms with Crippen molar-refractivity contribution in [3.63, 3.8) is 0 Å². The first-order valence-corrected chi connectivity index (χ1v) is 9.06. The van der Waals surface area contributed by atoms with Gasteiger partial charge in [0.15, 0.2) is 0 Å². The number of benzene rings is 1. The Balaban J connectivity index is 1.80. The number of pyridine rings is 1. The zero-order chi connectivity index (χ0) is 20.1. The number of rotatable bonds is 7. The van der Waals surface area contributed by atoms with E-state index >= 15 is 0 Å². The van der Waals surface area contributed by atoms with E-state index in [9.17, 15) is 10.1 Å². The maximum atomic E-state index is 12.1. The fourth-order valence-corrected chi connectivity index (χ4v) is 2.97. The van der Waals surface area contributed by atoms with E-state index < -0.39 is 5.41 Å². The standard InChI is InChI=1S/C21H22N4O3/c1-4-14-11-15-5-6-16(12-17(15)24-19(14)26)21(2,13-22)8-10-28-20-23-9-7-18(25-20)27-3/h5-7,9,11-12H,4,8,10H2,1-3H3,(H,24,26). The summed E-state index contributed by atoms with van der Waals surface area (Å²) in [7, 11) is 1.52. The van der Waals surface area contributed by atoms with Crippen molar-refractivity contribution >= 4 is 10.9 Å². The normalized spacial score (nSPS) is 12.9.